The molecule has 35 heavy (non-hydrogen) atoms. The first-order valence-corrected chi connectivity index (χ1v) is 11.8. The Morgan fingerprint density at radius 1 is 0.800 bits per heavy atom. The number of para-hydroxylation sites is 1. The molecule has 0 saturated carbocycles. The summed E-state index contributed by atoms with van der Waals surface area (Å²) in [5.41, 5.74) is 7.56. The Morgan fingerprint density at radius 3 is 2.40 bits per heavy atom. The number of nitrogens with zero attached hydrogens (tertiary/aromatic N) is 6. The van der Waals surface area contributed by atoms with Crippen molar-refractivity contribution in [2.45, 2.75) is 13.5 Å². The van der Waals surface area contributed by atoms with Crippen molar-refractivity contribution in [3.8, 4) is 22.6 Å². The highest BCUT2D eigenvalue weighted by Crippen LogP contribution is 2.31. The quantitative estimate of drug-likeness (QED) is 0.351. The smallest absolute Gasteiger partial charge is 0.121 e. The van der Waals surface area contributed by atoms with Crippen LogP contribution < -0.4 is 4.90 Å². The molecule has 7 nitrogen and oxygen atoms in total. The van der Waals surface area contributed by atoms with E-state index in [-0.39, 0.29) is 0 Å². The zero-order valence-electron chi connectivity index (χ0n) is 20.3. The third kappa shape index (κ3) is 5.20. The van der Waals surface area contributed by atoms with Crippen LogP contribution in [0.3, 0.4) is 0 Å². The second-order valence-electron chi connectivity index (χ2n) is 8.83. The molecule has 0 unspecified atom stereocenters. The highest BCUT2D eigenvalue weighted by Gasteiger charge is 2.17. The van der Waals surface area contributed by atoms with E-state index in [0.717, 1.165) is 58.3 Å². The minimum absolute atomic E-state index is 0.703. The van der Waals surface area contributed by atoms with E-state index in [0.29, 0.717) is 6.54 Å². The molecule has 0 aliphatic heterocycles. The second kappa shape index (κ2) is 10.0. The fourth-order valence-electron chi connectivity index (χ4n) is 4.15. The van der Waals surface area contributed by atoms with Crippen LogP contribution in [0.25, 0.3) is 33.7 Å². The lowest BCUT2D eigenvalue weighted by atomic mass is 10.1. The third-order valence-electron chi connectivity index (χ3n) is 6.08. The van der Waals surface area contributed by atoms with Crippen LogP contribution in [-0.4, -0.2) is 57.0 Å². The van der Waals surface area contributed by atoms with Gasteiger partial charge in [-0.15, -0.1) is 0 Å². The van der Waals surface area contributed by atoms with E-state index in [1.54, 1.807) is 12.4 Å². The van der Waals surface area contributed by atoms with Gasteiger partial charge < -0.3 is 9.88 Å². The summed E-state index contributed by atoms with van der Waals surface area (Å²) < 4.78 is 0. The van der Waals surface area contributed by atoms with Gasteiger partial charge in [-0.2, -0.15) is 0 Å². The lowest BCUT2D eigenvalue weighted by molar-refractivity contribution is 0.327. The molecule has 2 aromatic carbocycles. The van der Waals surface area contributed by atoms with Gasteiger partial charge in [0.2, 0.25) is 0 Å². The third-order valence-corrected chi connectivity index (χ3v) is 6.08. The molecule has 0 fully saturated rings. The van der Waals surface area contributed by atoms with Gasteiger partial charge in [-0.3, -0.25) is 19.9 Å². The molecule has 3 aromatic heterocycles. The van der Waals surface area contributed by atoms with Gasteiger partial charge in [0.25, 0.3) is 0 Å². The molecule has 0 saturated heterocycles. The maximum atomic E-state index is 4.99. The number of aromatic nitrogens is 5. The topological polar surface area (TPSA) is 73.8 Å². The van der Waals surface area contributed by atoms with Crippen molar-refractivity contribution in [1.82, 2.24) is 29.8 Å². The van der Waals surface area contributed by atoms with Gasteiger partial charge >= 0.3 is 0 Å². The van der Waals surface area contributed by atoms with E-state index in [1.807, 2.05) is 37.3 Å². The molecule has 0 aliphatic rings. The summed E-state index contributed by atoms with van der Waals surface area (Å²) in [6.45, 7) is 4.53. The number of benzene rings is 2. The Bertz CT molecular complexity index is 1430. The van der Waals surface area contributed by atoms with E-state index < -0.39 is 0 Å². The monoisotopic (exact) mass is 463 g/mol. The van der Waals surface area contributed by atoms with Crippen LogP contribution in [0.2, 0.25) is 0 Å². The summed E-state index contributed by atoms with van der Waals surface area (Å²) in [4.78, 5) is 26.7. The van der Waals surface area contributed by atoms with Crippen LogP contribution in [0.1, 0.15) is 11.5 Å². The number of hydrogen-bond acceptors (Lipinski definition) is 6. The van der Waals surface area contributed by atoms with Crippen LogP contribution in [-0.2, 0) is 6.54 Å². The van der Waals surface area contributed by atoms with Crippen LogP contribution in [0.15, 0.2) is 79.1 Å². The summed E-state index contributed by atoms with van der Waals surface area (Å²) in [6, 6.07) is 22.6. The highest BCUT2D eigenvalue weighted by molar-refractivity contribution is 5.84. The molecule has 3 heterocycles. The van der Waals surface area contributed by atoms with Gasteiger partial charge in [-0.25, -0.2) is 4.98 Å². The highest BCUT2D eigenvalue weighted by atomic mass is 15.2. The number of imidazole rings is 1. The summed E-state index contributed by atoms with van der Waals surface area (Å²) in [5, 5.41) is 0. The fourth-order valence-corrected chi connectivity index (χ4v) is 4.15. The Labute approximate surface area is 205 Å². The molecular weight excluding hydrogens is 434 g/mol. The van der Waals surface area contributed by atoms with Gasteiger partial charge in [-0.05, 0) is 50.4 Å². The van der Waals surface area contributed by atoms with E-state index in [2.05, 4.69) is 75.2 Å². The summed E-state index contributed by atoms with van der Waals surface area (Å²) in [7, 11) is 4.25. The van der Waals surface area contributed by atoms with E-state index in [9.17, 15) is 0 Å². The molecule has 0 atom stereocenters. The normalized spacial score (nSPS) is 11.3. The van der Waals surface area contributed by atoms with Crippen LogP contribution in [0.5, 0.6) is 0 Å². The Morgan fingerprint density at radius 2 is 1.60 bits per heavy atom. The first kappa shape index (κ1) is 22.7. The minimum atomic E-state index is 0.703. The molecule has 7 heteroatoms. The maximum absolute atomic E-state index is 4.99. The summed E-state index contributed by atoms with van der Waals surface area (Å²) >= 11 is 0. The molecule has 0 radical (unpaired) electrons. The Balaban J connectivity index is 1.41. The molecule has 5 rings (SSSR count). The maximum Gasteiger partial charge on any atom is 0.121 e. The number of hydrogen-bond donors (Lipinski definition) is 1. The number of likely N-dealkylation sites (N-methyl/N-ethyl adjacent to an activating group) is 2. The van der Waals surface area contributed by atoms with Crippen molar-refractivity contribution in [2.24, 2.45) is 0 Å². The van der Waals surface area contributed by atoms with Crippen molar-refractivity contribution in [3.05, 3.63) is 90.6 Å². The Kier molecular flexibility index (Phi) is 6.50. The van der Waals surface area contributed by atoms with Crippen molar-refractivity contribution >= 4 is 16.7 Å². The number of fused-ring (bicyclic) bond motifs is 1. The van der Waals surface area contributed by atoms with Crippen molar-refractivity contribution in [1.29, 1.82) is 0 Å². The summed E-state index contributed by atoms with van der Waals surface area (Å²) in [5.74, 6) is 0.905. The fraction of sp³-hybridized carbons (Fsp3) is 0.214. The number of anilines is 1. The van der Waals surface area contributed by atoms with Gasteiger partial charge in [0, 0.05) is 49.5 Å². The zero-order chi connectivity index (χ0) is 24.2. The minimum Gasteiger partial charge on any atom is -0.373 e. The number of aromatic amines is 1. The molecule has 1 N–H and O–H groups in total. The predicted octanol–water partition coefficient (Wildman–Crippen LogP) is 4.96. The van der Waals surface area contributed by atoms with Gasteiger partial charge in [-0.1, -0.05) is 30.3 Å². The van der Waals surface area contributed by atoms with E-state index in [4.69, 9.17) is 9.97 Å². The van der Waals surface area contributed by atoms with E-state index in [1.165, 1.54) is 5.69 Å². The zero-order valence-corrected chi connectivity index (χ0v) is 20.3. The molecule has 5 aromatic rings. The average Bonchev–Trinajstić information content (AvgIpc) is 3.31. The van der Waals surface area contributed by atoms with Gasteiger partial charge in [0.15, 0.2) is 0 Å². The predicted molar refractivity (Wildman–Crippen MR) is 141 cm³/mol. The number of H-pyrrole nitrogens is 1. The molecule has 0 spiro atoms. The Hall–Kier alpha value is -4.10. The first-order valence-electron chi connectivity index (χ1n) is 11.8. The molecule has 176 valence electrons. The lowest BCUT2D eigenvalue weighted by Crippen LogP contribution is -2.30. The molecule has 0 bridgehead atoms. The standard InChI is InChI=1S/C28H29N7/c1-20-8-7-11-24(31-20)28-27(21-12-13-23-25(18-21)30-15-14-29-23)32-26(33-28)19-34(2)16-17-35(3)22-9-5-4-6-10-22/h4-15,18H,16-17,19H2,1-3H3,(H,32,33). The van der Waals surface area contributed by atoms with E-state index >= 15 is 0 Å². The molecule has 0 amide bonds. The van der Waals surface area contributed by atoms with Gasteiger partial charge in [0.1, 0.15) is 11.5 Å². The first-order chi connectivity index (χ1) is 17.1. The summed E-state index contributed by atoms with van der Waals surface area (Å²) in [6.07, 6.45) is 3.43. The van der Waals surface area contributed by atoms with Crippen LogP contribution in [0, 0.1) is 6.92 Å². The lowest BCUT2D eigenvalue weighted by Gasteiger charge is -2.23. The van der Waals surface area contributed by atoms with Gasteiger partial charge in [0.05, 0.1) is 29.0 Å². The van der Waals surface area contributed by atoms with Crippen molar-refractivity contribution in [3.63, 3.8) is 0 Å². The second-order valence-corrected chi connectivity index (χ2v) is 8.83. The molecule has 0 aliphatic carbocycles. The average molecular weight is 464 g/mol. The van der Waals surface area contributed by atoms with Crippen molar-refractivity contribution < 1.29 is 0 Å². The number of pyridine rings is 1. The number of rotatable bonds is 8. The number of nitrogens with one attached hydrogen (secondary N) is 1. The number of aryl methyl sites for hydroxylation is 1. The van der Waals surface area contributed by atoms with Crippen molar-refractivity contribution in [2.75, 3.05) is 32.1 Å². The molecular formula is C28H29N7. The largest absolute Gasteiger partial charge is 0.373 e. The SMILES string of the molecule is Cc1cccc(-c2nc(CN(C)CCN(C)c3ccccc3)[nH]c2-c2ccc3nccnc3c2)n1. The van der Waals surface area contributed by atoms with Crippen LogP contribution in [0.4, 0.5) is 5.69 Å². The van der Waals surface area contributed by atoms with Crippen LogP contribution >= 0.6 is 0 Å².